The molecular formula is C11H14N2O. The molecule has 3 nitrogen and oxygen atoms in total. The van der Waals surface area contributed by atoms with Gasteiger partial charge in [0.05, 0.1) is 0 Å². The van der Waals surface area contributed by atoms with Crippen LogP contribution >= 0.6 is 0 Å². The summed E-state index contributed by atoms with van der Waals surface area (Å²) in [5.41, 5.74) is 0.773. The molecule has 0 bridgehead atoms. The number of aromatic amines is 1. The fourth-order valence-corrected chi connectivity index (χ4v) is 1.69. The number of hydrogen-bond acceptors (Lipinski definition) is 1. The molecule has 0 amide bonds. The van der Waals surface area contributed by atoms with E-state index in [-0.39, 0.29) is 5.56 Å². The van der Waals surface area contributed by atoms with Gasteiger partial charge < -0.3 is 9.55 Å². The summed E-state index contributed by atoms with van der Waals surface area (Å²) in [6.45, 7) is 4.24. The lowest BCUT2D eigenvalue weighted by atomic mass is 10.2. The third-order valence-corrected chi connectivity index (χ3v) is 2.70. The van der Waals surface area contributed by atoms with E-state index in [4.69, 9.17) is 0 Å². The Kier molecular flexibility index (Phi) is 2.15. The van der Waals surface area contributed by atoms with Crippen LogP contribution in [0.3, 0.4) is 0 Å². The van der Waals surface area contributed by atoms with E-state index in [9.17, 15) is 4.79 Å². The van der Waals surface area contributed by atoms with Crippen molar-refractivity contribution < 1.29 is 0 Å². The normalized spacial score (nSPS) is 13.3. The molecule has 0 fully saturated rings. The Labute approximate surface area is 82.4 Å². The molecule has 0 aliphatic heterocycles. The molecule has 0 saturated carbocycles. The molecule has 2 heterocycles. The Hall–Kier alpha value is -1.51. The number of H-pyrrole nitrogens is 1. The van der Waals surface area contributed by atoms with Gasteiger partial charge >= 0.3 is 0 Å². The minimum absolute atomic E-state index is 0.00667. The Morgan fingerprint density at radius 2 is 2.29 bits per heavy atom. The van der Waals surface area contributed by atoms with Gasteiger partial charge in [-0.3, -0.25) is 4.79 Å². The van der Waals surface area contributed by atoms with Gasteiger partial charge in [0.15, 0.2) is 0 Å². The second-order valence-corrected chi connectivity index (χ2v) is 3.59. The standard InChI is InChI=1S/C11H14N2O/c1-3-8(2)13-7-5-9-4-6-12-11(14)10(9)13/h4-8H,3H2,1-2H3,(H,12,14). The fourth-order valence-electron chi connectivity index (χ4n) is 1.69. The second-order valence-electron chi connectivity index (χ2n) is 3.59. The van der Waals surface area contributed by atoms with Gasteiger partial charge in [0, 0.05) is 23.8 Å². The van der Waals surface area contributed by atoms with Crippen molar-refractivity contribution in [2.24, 2.45) is 0 Å². The molecule has 0 aliphatic rings. The number of fused-ring (bicyclic) bond motifs is 1. The van der Waals surface area contributed by atoms with E-state index >= 15 is 0 Å². The van der Waals surface area contributed by atoms with Crippen LogP contribution < -0.4 is 5.56 Å². The van der Waals surface area contributed by atoms with Gasteiger partial charge in [-0.1, -0.05) is 6.92 Å². The molecule has 1 atom stereocenters. The first-order chi connectivity index (χ1) is 6.74. The van der Waals surface area contributed by atoms with Gasteiger partial charge in [-0.15, -0.1) is 0 Å². The molecule has 2 aromatic heterocycles. The predicted molar refractivity (Wildman–Crippen MR) is 57.6 cm³/mol. The summed E-state index contributed by atoms with van der Waals surface area (Å²) in [6.07, 6.45) is 4.69. The van der Waals surface area contributed by atoms with Crippen molar-refractivity contribution in [3.63, 3.8) is 0 Å². The summed E-state index contributed by atoms with van der Waals surface area (Å²) < 4.78 is 2.04. The van der Waals surface area contributed by atoms with Crippen LogP contribution in [0.1, 0.15) is 26.3 Å². The third-order valence-electron chi connectivity index (χ3n) is 2.70. The molecule has 0 aromatic carbocycles. The lowest BCUT2D eigenvalue weighted by Crippen LogP contribution is -2.12. The molecule has 1 unspecified atom stereocenters. The van der Waals surface area contributed by atoms with Crippen LogP contribution in [0.2, 0.25) is 0 Å². The Bertz CT molecular complexity index is 495. The zero-order valence-corrected chi connectivity index (χ0v) is 8.45. The summed E-state index contributed by atoms with van der Waals surface area (Å²) >= 11 is 0. The summed E-state index contributed by atoms with van der Waals surface area (Å²) in [7, 11) is 0. The zero-order valence-electron chi connectivity index (χ0n) is 8.45. The first-order valence-corrected chi connectivity index (χ1v) is 4.92. The highest BCUT2D eigenvalue weighted by atomic mass is 16.1. The predicted octanol–water partition coefficient (Wildman–Crippen LogP) is 2.30. The average Bonchev–Trinajstić information content (AvgIpc) is 2.62. The van der Waals surface area contributed by atoms with Crippen molar-refractivity contribution in [2.75, 3.05) is 0 Å². The van der Waals surface area contributed by atoms with Crippen molar-refractivity contribution in [1.29, 1.82) is 0 Å². The van der Waals surface area contributed by atoms with Crippen molar-refractivity contribution in [3.8, 4) is 0 Å². The van der Waals surface area contributed by atoms with E-state index in [0.29, 0.717) is 6.04 Å². The quantitative estimate of drug-likeness (QED) is 0.775. The number of pyridine rings is 1. The third kappa shape index (κ3) is 1.25. The SMILES string of the molecule is CCC(C)n1ccc2cc[nH]c(=O)c21. The van der Waals surface area contributed by atoms with Crippen LogP contribution in [0.4, 0.5) is 0 Å². The molecule has 2 rings (SSSR count). The van der Waals surface area contributed by atoms with Crippen LogP contribution in [-0.2, 0) is 0 Å². The Morgan fingerprint density at radius 1 is 1.50 bits per heavy atom. The highest BCUT2D eigenvalue weighted by molar-refractivity contribution is 5.78. The van der Waals surface area contributed by atoms with Gasteiger partial charge in [0.25, 0.3) is 5.56 Å². The van der Waals surface area contributed by atoms with E-state index < -0.39 is 0 Å². The highest BCUT2D eigenvalue weighted by Gasteiger charge is 2.08. The summed E-state index contributed by atoms with van der Waals surface area (Å²) in [5, 5.41) is 1.01. The zero-order chi connectivity index (χ0) is 10.1. The number of nitrogens with zero attached hydrogens (tertiary/aromatic N) is 1. The van der Waals surface area contributed by atoms with E-state index in [1.165, 1.54) is 0 Å². The number of nitrogens with one attached hydrogen (secondary N) is 1. The minimum Gasteiger partial charge on any atom is -0.340 e. The van der Waals surface area contributed by atoms with Crippen molar-refractivity contribution in [2.45, 2.75) is 26.3 Å². The molecular weight excluding hydrogens is 176 g/mol. The first-order valence-electron chi connectivity index (χ1n) is 4.92. The molecule has 0 aliphatic carbocycles. The van der Waals surface area contributed by atoms with Gasteiger partial charge in [-0.25, -0.2) is 0 Å². The first kappa shape index (κ1) is 9.06. The maximum Gasteiger partial charge on any atom is 0.272 e. The van der Waals surface area contributed by atoms with E-state index in [1.54, 1.807) is 6.20 Å². The van der Waals surface area contributed by atoms with Crippen molar-refractivity contribution in [1.82, 2.24) is 9.55 Å². The molecule has 0 spiro atoms. The van der Waals surface area contributed by atoms with Crippen molar-refractivity contribution in [3.05, 3.63) is 34.9 Å². The second kappa shape index (κ2) is 3.33. The molecule has 1 N–H and O–H groups in total. The summed E-state index contributed by atoms with van der Waals surface area (Å²) in [5.74, 6) is 0. The van der Waals surface area contributed by atoms with Gasteiger partial charge in [-0.05, 0) is 25.5 Å². The van der Waals surface area contributed by atoms with Crippen LogP contribution in [0.15, 0.2) is 29.3 Å². The highest BCUT2D eigenvalue weighted by Crippen LogP contribution is 2.17. The minimum atomic E-state index is -0.00667. The largest absolute Gasteiger partial charge is 0.340 e. The topological polar surface area (TPSA) is 37.8 Å². The van der Waals surface area contributed by atoms with Crippen LogP contribution in [0.5, 0.6) is 0 Å². The lowest BCUT2D eigenvalue weighted by molar-refractivity contribution is 0.547. The summed E-state index contributed by atoms with van der Waals surface area (Å²) in [6, 6.07) is 4.28. The maximum absolute atomic E-state index is 11.6. The van der Waals surface area contributed by atoms with Crippen molar-refractivity contribution >= 4 is 10.9 Å². The smallest absolute Gasteiger partial charge is 0.272 e. The van der Waals surface area contributed by atoms with E-state index in [1.807, 2.05) is 22.9 Å². The molecule has 2 aromatic rings. The average molecular weight is 190 g/mol. The van der Waals surface area contributed by atoms with Gasteiger partial charge in [0.2, 0.25) is 0 Å². The Morgan fingerprint density at radius 3 is 3.00 bits per heavy atom. The maximum atomic E-state index is 11.6. The Balaban J connectivity index is 2.73. The molecule has 14 heavy (non-hydrogen) atoms. The number of rotatable bonds is 2. The number of aromatic nitrogens is 2. The molecule has 0 radical (unpaired) electrons. The molecule has 3 heteroatoms. The van der Waals surface area contributed by atoms with Gasteiger partial charge in [-0.2, -0.15) is 0 Å². The monoisotopic (exact) mass is 190 g/mol. The molecule has 0 saturated heterocycles. The fraction of sp³-hybridized carbons (Fsp3) is 0.364. The van der Waals surface area contributed by atoms with Crippen LogP contribution in [0.25, 0.3) is 10.9 Å². The van der Waals surface area contributed by atoms with E-state index in [0.717, 1.165) is 17.3 Å². The van der Waals surface area contributed by atoms with Crippen LogP contribution in [0, 0.1) is 0 Å². The number of hydrogen-bond donors (Lipinski definition) is 1. The van der Waals surface area contributed by atoms with Gasteiger partial charge in [0.1, 0.15) is 5.52 Å². The lowest BCUT2D eigenvalue weighted by Gasteiger charge is -2.11. The van der Waals surface area contributed by atoms with Crippen LogP contribution in [-0.4, -0.2) is 9.55 Å². The summed E-state index contributed by atoms with van der Waals surface area (Å²) in [4.78, 5) is 14.3. The molecule has 74 valence electrons. The van der Waals surface area contributed by atoms with E-state index in [2.05, 4.69) is 18.8 Å².